The van der Waals surface area contributed by atoms with Crippen LogP contribution in [0.5, 0.6) is 5.75 Å². The van der Waals surface area contributed by atoms with Crippen LogP contribution in [0.1, 0.15) is 59.5 Å². The van der Waals surface area contributed by atoms with Crippen LogP contribution in [0, 0.1) is 5.92 Å². The highest BCUT2D eigenvalue weighted by atomic mass is 16.5. The molecule has 2 aromatic rings. The summed E-state index contributed by atoms with van der Waals surface area (Å²) in [5.74, 6) is 0.391. The summed E-state index contributed by atoms with van der Waals surface area (Å²) >= 11 is 0. The highest BCUT2D eigenvalue weighted by molar-refractivity contribution is 5.94. The number of ether oxygens (including phenoxy) is 1. The number of amides is 2. The second-order valence-corrected chi connectivity index (χ2v) is 8.16. The third-order valence-corrected chi connectivity index (χ3v) is 6.27. The molecule has 1 unspecified atom stereocenters. The molecule has 1 aliphatic heterocycles. The Morgan fingerprint density at radius 1 is 1.07 bits per heavy atom. The summed E-state index contributed by atoms with van der Waals surface area (Å²) in [4.78, 5) is 27.3. The Labute approximate surface area is 176 Å². The minimum absolute atomic E-state index is 0.132. The number of carbonyl (C=O) groups excluding carboxylic acids is 2. The van der Waals surface area contributed by atoms with Crippen molar-refractivity contribution < 1.29 is 19.5 Å². The van der Waals surface area contributed by atoms with Crippen LogP contribution in [0.4, 0.5) is 0 Å². The minimum atomic E-state index is -0.583. The number of hydrogen-bond donors (Lipinski definition) is 2. The summed E-state index contributed by atoms with van der Waals surface area (Å²) in [6.07, 6.45) is 5.80. The van der Waals surface area contributed by atoms with Crippen LogP contribution in [0.25, 0.3) is 0 Å². The van der Waals surface area contributed by atoms with Gasteiger partial charge < -0.3 is 9.64 Å². The van der Waals surface area contributed by atoms with Gasteiger partial charge in [0.05, 0.1) is 12.5 Å². The van der Waals surface area contributed by atoms with E-state index in [0.717, 1.165) is 24.0 Å². The van der Waals surface area contributed by atoms with Crippen LogP contribution in [-0.4, -0.2) is 35.1 Å². The quantitative estimate of drug-likeness (QED) is 0.594. The maximum Gasteiger partial charge on any atom is 0.274 e. The topological polar surface area (TPSA) is 78.9 Å². The van der Waals surface area contributed by atoms with Gasteiger partial charge in [-0.3, -0.25) is 14.8 Å². The molecule has 1 heterocycles. The van der Waals surface area contributed by atoms with Gasteiger partial charge in [0.1, 0.15) is 12.4 Å². The van der Waals surface area contributed by atoms with Crippen LogP contribution in [0.15, 0.2) is 48.5 Å². The maximum absolute atomic E-state index is 13.8. The number of hydrogen-bond acceptors (Lipinski definition) is 4. The highest BCUT2D eigenvalue weighted by Crippen LogP contribution is 2.38. The maximum atomic E-state index is 13.8. The molecule has 1 atom stereocenters. The first-order chi connectivity index (χ1) is 14.7. The van der Waals surface area contributed by atoms with Gasteiger partial charge >= 0.3 is 0 Å². The van der Waals surface area contributed by atoms with E-state index in [2.05, 4.69) is 12.1 Å². The smallest absolute Gasteiger partial charge is 0.274 e. The molecule has 2 amide bonds. The molecule has 0 spiro atoms. The molecule has 6 heteroatoms. The molecule has 158 valence electrons. The fourth-order valence-electron chi connectivity index (χ4n) is 4.70. The van der Waals surface area contributed by atoms with Gasteiger partial charge in [-0.15, -0.1) is 0 Å². The van der Waals surface area contributed by atoms with E-state index in [1.807, 2.05) is 23.1 Å². The Morgan fingerprint density at radius 3 is 2.57 bits per heavy atom. The van der Waals surface area contributed by atoms with Crippen LogP contribution >= 0.6 is 0 Å². The Kier molecular flexibility index (Phi) is 6.33. The van der Waals surface area contributed by atoms with Gasteiger partial charge in [-0.05, 0) is 36.5 Å². The van der Waals surface area contributed by atoms with E-state index < -0.39 is 5.91 Å². The summed E-state index contributed by atoms with van der Waals surface area (Å²) < 4.78 is 5.84. The van der Waals surface area contributed by atoms with Crippen molar-refractivity contribution in [3.8, 4) is 5.75 Å². The zero-order chi connectivity index (χ0) is 20.9. The summed E-state index contributed by atoms with van der Waals surface area (Å²) in [5.41, 5.74) is 3.92. The van der Waals surface area contributed by atoms with Crippen molar-refractivity contribution in [2.45, 2.75) is 44.6 Å². The number of fused-ring (bicyclic) bond motifs is 1. The van der Waals surface area contributed by atoms with Gasteiger partial charge in [-0.1, -0.05) is 55.7 Å². The number of hydroxylamine groups is 1. The van der Waals surface area contributed by atoms with Crippen molar-refractivity contribution in [2.24, 2.45) is 5.92 Å². The molecule has 1 fully saturated rings. The van der Waals surface area contributed by atoms with E-state index in [9.17, 15) is 9.59 Å². The lowest BCUT2D eigenvalue weighted by Gasteiger charge is -2.33. The second kappa shape index (κ2) is 9.30. The van der Waals surface area contributed by atoms with Crippen molar-refractivity contribution in [2.75, 3.05) is 13.2 Å². The van der Waals surface area contributed by atoms with Crippen LogP contribution in [-0.2, 0) is 11.3 Å². The zero-order valence-corrected chi connectivity index (χ0v) is 17.0. The number of carbonyl (C=O) groups is 2. The molecule has 0 radical (unpaired) electrons. The fourth-order valence-corrected chi connectivity index (χ4v) is 4.70. The van der Waals surface area contributed by atoms with E-state index in [4.69, 9.17) is 9.94 Å². The lowest BCUT2D eigenvalue weighted by Crippen LogP contribution is -2.39. The Bertz CT molecular complexity index is 893. The predicted octanol–water partition coefficient (Wildman–Crippen LogP) is 3.89. The molecular weight excluding hydrogens is 380 g/mol. The molecule has 6 nitrogen and oxygen atoms in total. The molecule has 1 aliphatic carbocycles. The van der Waals surface area contributed by atoms with Gasteiger partial charge in [0.15, 0.2) is 0 Å². The molecule has 2 aliphatic rings. The van der Waals surface area contributed by atoms with Crippen LogP contribution < -0.4 is 10.2 Å². The van der Waals surface area contributed by atoms with E-state index in [-0.39, 0.29) is 11.8 Å². The molecule has 2 N–H and O–H groups in total. The summed E-state index contributed by atoms with van der Waals surface area (Å²) in [6, 6.07) is 15.2. The predicted molar refractivity (Wildman–Crippen MR) is 112 cm³/mol. The van der Waals surface area contributed by atoms with Gasteiger partial charge in [0.25, 0.3) is 5.91 Å². The van der Waals surface area contributed by atoms with Gasteiger partial charge in [0.2, 0.25) is 5.91 Å². The summed E-state index contributed by atoms with van der Waals surface area (Å²) in [5, 5.41) is 8.86. The summed E-state index contributed by atoms with van der Waals surface area (Å²) in [6.45, 7) is 1.32. The fraction of sp³-hybridized carbons (Fsp3) is 0.417. The Balaban J connectivity index is 1.59. The van der Waals surface area contributed by atoms with Crippen molar-refractivity contribution in [1.82, 2.24) is 10.4 Å². The molecule has 0 saturated heterocycles. The molecule has 1 saturated carbocycles. The highest BCUT2D eigenvalue weighted by Gasteiger charge is 2.34. The molecule has 0 bridgehead atoms. The minimum Gasteiger partial charge on any atom is -0.491 e. The molecule has 30 heavy (non-hydrogen) atoms. The van der Waals surface area contributed by atoms with E-state index in [0.29, 0.717) is 36.9 Å². The monoisotopic (exact) mass is 408 g/mol. The van der Waals surface area contributed by atoms with Crippen molar-refractivity contribution in [3.05, 3.63) is 65.2 Å². The molecule has 0 aromatic heterocycles. The SMILES string of the molecule is O=C(NO)c1ccc2c(c1)OCCN(C(=O)C(c1ccccc1)C1CCCCC1)C2. The van der Waals surface area contributed by atoms with E-state index in [1.165, 1.54) is 19.3 Å². The number of nitrogens with zero attached hydrogens (tertiary/aromatic N) is 1. The first kappa shape index (κ1) is 20.4. The van der Waals surface area contributed by atoms with Crippen molar-refractivity contribution in [1.29, 1.82) is 0 Å². The van der Waals surface area contributed by atoms with E-state index in [1.54, 1.807) is 23.7 Å². The van der Waals surface area contributed by atoms with Crippen molar-refractivity contribution >= 4 is 11.8 Å². The summed E-state index contributed by atoms with van der Waals surface area (Å²) in [7, 11) is 0. The largest absolute Gasteiger partial charge is 0.491 e. The van der Waals surface area contributed by atoms with Crippen molar-refractivity contribution in [3.63, 3.8) is 0 Å². The normalized spacial score (nSPS) is 18.0. The average Bonchev–Trinajstić information content (AvgIpc) is 3.02. The second-order valence-electron chi connectivity index (χ2n) is 8.16. The van der Waals surface area contributed by atoms with Gasteiger partial charge in [0, 0.05) is 17.7 Å². The number of benzene rings is 2. The number of nitrogens with one attached hydrogen (secondary N) is 1. The lowest BCUT2D eigenvalue weighted by molar-refractivity contribution is -0.135. The zero-order valence-electron chi connectivity index (χ0n) is 17.0. The first-order valence-electron chi connectivity index (χ1n) is 10.7. The standard InChI is InChI=1S/C24H28N2O4/c27-23(25-29)19-11-12-20-16-26(13-14-30-21(20)15-19)24(28)22(17-7-3-1-4-8-17)18-9-5-2-6-10-18/h1,3-4,7-8,11-12,15,18,22,29H,2,5-6,9-10,13-14,16H2,(H,25,27). The average molecular weight is 408 g/mol. The molecule has 2 aromatic carbocycles. The molecular formula is C24H28N2O4. The van der Waals surface area contributed by atoms with Crippen LogP contribution in [0.3, 0.4) is 0 Å². The van der Waals surface area contributed by atoms with Crippen LogP contribution in [0.2, 0.25) is 0 Å². The Morgan fingerprint density at radius 2 is 1.83 bits per heavy atom. The third-order valence-electron chi connectivity index (χ3n) is 6.27. The third kappa shape index (κ3) is 4.33. The molecule has 4 rings (SSSR count). The number of rotatable bonds is 4. The first-order valence-corrected chi connectivity index (χ1v) is 10.7. The Hall–Kier alpha value is -2.86. The van der Waals surface area contributed by atoms with E-state index >= 15 is 0 Å². The van der Waals surface area contributed by atoms with Gasteiger partial charge in [-0.2, -0.15) is 0 Å². The van der Waals surface area contributed by atoms with Gasteiger partial charge in [-0.25, -0.2) is 5.48 Å². The lowest BCUT2D eigenvalue weighted by atomic mass is 9.76.